The number of hydrogen-bond donors (Lipinski definition) is 0. The highest BCUT2D eigenvalue weighted by atomic mass is 127. The molecule has 3 heteroatoms. The maximum Gasteiger partial charge on any atom is 0.223 e. The van der Waals surface area contributed by atoms with Crippen LogP contribution in [0.25, 0.3) is 0 Å². The molecule has 0 atom stereocenters. The molecular weight excluding hydrogens is 190 g/mol. The van der Waals surface area contributed by atoms with Gasteiger partial charge < -0.3 is 0 Å². The van der Waals surface area contributed by atoms with Crippen LogP contribution in [0, 0.1) is 0 Å². The second-order valence-electron chi connectivity index (χ2n) is 0.226. The summed E-state index contributed by atoms with van der Waals surface area (Å²) in [4.78, 5) is 0. The first-order chi connectivity index (χ1) is 1.73. The average Bonchev–Trinajstić information content (AvgIpc) is 0.811. The largest absolute Gasteiger partial charge is 0.223 e. The van der Waals surface area contributed by atoms with Gasteiger partial charge >= 0.3 is 0 Å². The fraction of sp³-hybridized carbons (Fsp3) is 0. The van der Waals surface area contributed by atoms with Gasteiger partial charge in [-0.3, -0.25) is 0 Å². The molecule has 0 saturated carbocycles. The third-order valence-electron chi connectivity index (χ3n) is 0. The van der Waals surface area contributed by atoms with Gasteiger partial charge in [-0.25, -0.2) is 0 Å². The molecule has 0 aliphatic carbocycles. The number of rotatable bonds is 0. The lowest BCUT2D eigenvalue weighted by atomic mass is 11.8. The fourth-order valence-corrected chi connectivity index (χ4v) is 0. The highest BCUT2D eigenvalue weighted by molar-refractivity contribution is 14.1. The van der Waals surface area contributed by atoms with Crippen LogP contribution in [0.5, 0.6) is 0 Å². The summed E-state index contributed by atoms with van der Waals surface area (Å²) >= 11 is 5.27. The molecule has 0 aromatic heterocycles. The van der Waals surface area contributed by atoms with Crippen LogP contribution in [-0.2, 0) is 0 Å². The fourth-order valence-electron chi connectivity index (χ4n) is 0. The molecular formula is CFIS. The second kappa shape index (κ2) is 2.02. The zero-order chi connectivity index (χ0) is 3.58. The molecule has 4 heavy (non-hydrogen) atoms. The van der Waals surface area contributed by atoms with Gasteiger partial charge in [0.15, 0.2) is 0 Å². The van der Waals surface area contributed by atoms with E-state index >= 15 is 0 Å². The first-order valence-electron chi connectivity index (χ1n) is 0.582. The number of thiocarbonyl (C=S) groups is 1. The predicted molar refractivity (Wildman–Crippen MR) is 27.7 cm³/mol. The second-order valence-corrected chi connectivity index (χ2v) is 2.26. The van der Waals surface area contributed by atoms with E-state index in [-0.39, 0.29) is 0 Å². The van der Waals surface area contributed by atoms with E-state index in [2.05, 4.69) is 12.2 Å². The normalized spacial score (nSPS) is 6.50. The molecule has 0 nitrogen and oxygen atoms in total. The third-order valence-corrected chi connectivity index (χ3v) is 0. The van der Waals surface area contributed by atoms with Gasteiger partial charge in [0, 0.05) is 22.6 Å². The van der Waals surface area contributed by atoms with Crippen molar-refractivity contribution < 1.29 is 4.39 Å². The van der Waals surface area contributed by atoms with Gasteiger partial charge in [-0.15, -0.1) is 0 Å². The maximum atomic E-state index is 10.7. The third kappa shape index (κ3) is 15.0. The zero-order valence-corrected chi connectivity index (χ0v) is 4.64. The molecule has 0 spiro atoms. The van der Waals surface area contributed by atoms with Gasteiger partial charge in [0.2, 0.25) is 3.13 Å². The molecule has 0 aliphatic rings. The number of halogens is 2. The first-order valence-corrected chi connectivity index (χ1v) is 2.07. The molecule has 0 radical (unpaired) electrons. The molecule has 0 bridgehead atoms. The number of hydrogen-bond acceptors (Lipinski definition) is 1. The van der Waals surface area contributed by atoms with Crippen LogP contribution >= 0.6 is 34.8 Å². The van der Waals surface area contributed by atoms with Crippen molar-refractivity contribution >= 4 is 37.9 Å². The van der Waals surface area contributed by atoms with E-state index in [1.54, 1.807) is 0 Å². The van der Waals surface area contributed by atoms with Crippen molar-refractivity contribution in [1.29, 1.82) is 0 Å². The lowest BCUT2D eigenvalue weighted by molar-refractivity contribution is 0.858. The summed E-state index contributed by atoms with van der Waals surface area (Å²) in [5.74, 6) is 0. The summed E-state index contributed by atoms with van der Waals surface area (Å²) in [6.07, 6.45) is 0. The van der Waals surface area contributed by atoms with Crippen LogP contribution in [0.15, 0.2) is 0 Å². The van der Waals surface area contributed by atoms with Crippen LogP contribution in [0.3, 0.4) is 0 Å². The Labute approximate surface area is 42.5 Å². The minimum absolute atomic E-state index is 0.530. The Morgan fingerprint density at radius 3 is 2.00 bits per heavy atom. The van der Waals surface area contributed by atoms with E-state index < -0.39 is 3.13 Å². The van der Waals surface area contributed by atoms with Gasteiger partial charge in [0.1, 0.15) is 0 Å². The molecule has 0 fully saturated rings. The van der Waals surface area contributed by atoms with Crippen molar-refractivity contribution in [1.82, 2.24) is 0 Å². The SMILES string of the molecule is FC(=S)I. The van der Waals surface area contributed by atoms with Crippen molar-refractivity contribution in [3.63, 3.8) is 0 Å². The maximum absolute atomic E-state index is 10.7. The van der Waals surface area contributed by atoms with E-state index in [0.29, 0.717) is 0 Å². The first kappa shape index (κ1) is 4.75. The predicted octanol–water partition coefficient (Wildman–Crippen LogP) is 1.68. The Morgan fingerprint density at radius 2 is 2.00 bits per heavy atom. The molecule has 0 unspecified atom stereocenters. The molecule has 0 aromatic carbocycles. The van der Waals surface area contributed by atoms with Gasteiger partial charge in [-0.2, -0.15) is 4.39 Å². The highest BCUT2D eigenvalue weighted by Crippen LogP contribution is 1.86. The minimum atomic E-state index is -0.530. The Morgan fingerprint density at radius 1 is 2.00 bits per heavy atom. The zero-order valence-electron chi connectivity index (χ0n) is 1.66. The molecule has 0 aromatic rings. The summed E-state index contributed by atoms with van der Waals surface area (Å²) < 4.78 is 10.2. The summed E-state index contributed by atoms with van der Waals surface area (Å²) in [6.45, 7) is 0. The quantitative estimate of drug-likeness (QED) is 0.318. The molecule has 0 N–H and O–H groups in total. The summed E-state index contributed by atoms with van der Waals surface area (Å²) in [5, 5.41) is 0. The monoisotopic (exact) mass is 190 g/mol. The minimum Gasteiger partial charge on any atom is -0.187 e. The molecule has 0 heterocycles. The Bertz CT molecular complexity index is 31.0. The van der Waals surface area contributed by atoms with Crippen LogP contribution in [0.2, 0.25) is 0 Å². The lowest BCUT2D eigenvalue weighted by Crippen LogP contribution is -1.47. The summed E-state index contributed by atoms with van der Waals surface area (Å²) in [7, 11) is 0. The van der Waals surface area contributed by atoms with Gasteiger partial charge in [-0.05, 0) is 12.2 Å². The van der Waals surface area contributed by atoms with Crippen molar-refractivity contribution in [3.05, 3.63) is 0 Å². The van der Waals surface area contributed by atoms with E-state index in [4.69, 9.17) is 0 Å². The van der Waals surface area contributed by atoms with Gasteiger partial charge in [0.25, 0.3) is 0 Å². The Hall–Kier alpha value is 0.750. The van der Waals surface area contributed by atoms with Gasteiger partial charge in [-0.1, -0.05) is 0 Å². The van der Waals surface area contributed by atoms with Crippen molar-refractivity contribution in [2.24, 2.45) is 0 Å². The van der Waals surface area contributed by atoms with E-state index in [1.165, 1.54) is 22.6 Å². The Kier molecular flexibility index (Phi) is 2.39. The lowest BCUT2D eigenvalue weighted by Gasteiger charge is -1.52. The topological polar surface area (TPSA) is 0 Å². The van der Waals surface area contributed by atoms with E-state index in [9.17, 15) is 4.39 Å². The highest BCUT2D eigenvalue weighted by Gasteiger charge is 1.66. The van der Waals surface area contributed by atoms with Crippen LogP contribution in [0.4, 0.5) is 4.39 Å². The molecule has 0 amide bonds. The molecule has 0 rings (SSSR count). The van der Waals surface area contributed by atoms with Crippen molar-refractivity contribution in [2.45, 2.75) is 0 Å². The van der Waals surface area contributed by atoms with Crippen LogP contribution in [-0.4, -0.2) is 3.13 Å². The standard InChI is InChI=1S/CFIS/c2-1(3)4. The Balaban J connectivity index is 2.80. The van der Waals surface area contributed by atoms with Crippen molar-refractivity contribution in [2.75, 3.05) is 0 Å². The van der Waals surface area contributed by atoms with Crippen LogP contribution < -0.4 is 0 Å². The van der Waals surface area contributed by atoms with Crippen LogP contribution in [0.1, 0.15) is 0 Å². The summed E-state index contributed by atoms with van der Waals surface area (Å²) in [6, 6.07) is 0. The molecule has 0 saturated heterocycles. The smallest absolute Gasteiger partial charge is 0.187 e. The molecule has 0 aliphatic heterocycles. The van der Waals surface area contributed by atoms with Crippen molar-refractivity contribution in [3.8, 4) is 0 Å². The van der Waals surface area contributed by atoms with E-state index in [0.717, 1.165) is 0 Å². The van der Waals surface area contributed by atoms with E-state index in [1.807, 2.05) is 0 Å². The van der Waals surface area contributed by atoms with Gasteiger partial charge in [0.05, 0.1) is 0 Å². The summed E-state index contributed by atoms with van der Waals surface area (Å²) in [5.41, 5.74) is 0. The molecule has 24 valence electrons. The average molecular weight is 190 g/mol.